The van der Waals surface area contributed by atoms with Crippen LogP contribution in [0.15, 0.2) is 52.9 Å². The van der Waals surface area contributed by atoms with Gasteiger partial charge in [-0.2, -0.15) is 5.26 Å². The molecule has 0 spiro atoms. The molecule has 0 bridgehead atoms. The Bertz CT molecular complexity index is 1600. The van der Waals surface area contributed by atoms with Crippen LogP contribution in [0, 0.1) is 24.1 Å². The number of nitrogens with one attached hydrogen (secondary N) is 1. The van der Waals surface area contributed by atoms with E-state index >= 15 is 4.39 Å². The lowest BCUT2D eigenvalue weighted by Crippen LogP contribution is -2.47. The molecule has 1 fully saturated rings. The monoisotopic (exact) mass is 611 g/mol. The van der Waals surface area contributed by atoms with Crippen LogP contribution >= 0.6 is 23.2 Å². The Morgan fingerprint density at radius 2 is 1.93 bits per heavy atom. The van der Waals surface area contributed by atoms with E-state index in [-0.39, 0.29) is 57.5 Å². The van der Waals surface area contributed by atoms with Gasteiger partial charge in [0.1, 0.15) is 24.2 Å². The van der Waals surface area contributed by atoms with Crippen LogP contribution in [0.4, 0.5) is 4.39 Å². The van der Waals surface area contributed by atoms with Crippen molar-refractivity contribution in [3.05, 3.63) is 87.0 Å². The summed E-state index contributed by atoms with van der Waals surface area (Å²) >= 11 is 12.3. The minimum Gasteiger partial charge on any atom is -0.491 e. The molecule has 3 aromatic carbocycles. The number of nitrogens with zero attached hydrogens (tertiary/aromatic N) is 4. The van der Waals surface area contributed by atoms with Crippen molar-refractivity contribution in [3.63, 3.8) is 0 Å². The molecule has 1 atom stereocenters. The maximum absolute atomic E-state index is 15.5. The maximum Gasteiger partial charge on any atom is 0.248 e. The molecule has 1 aliphatic heterocycles. The van der Waals surface area contributed by atoms with Gasteiger partial charge in [0.2, 0.25) is 11.8 Å². The van der Waals surface area contributed by atoms with Gasteiger partial charge in [0.15, 0.2) is 11.6 Å². The predicted octanol–water partition coefficient (Wildman–Crippen LogP) is 5.39. The summed E-state index contributed by atoms with van der Waals surface area (Å²) in [4.78, 5) is 2.21. The Balaban J connectivity index is 1.24. The standard InChI is InChI=1S/C30H28Cl2FN5O4/c1-18-10-23(40-17-22(39)16-38-8-6-35-7-9-38)3-4-25(18)30-37-36-27(42-30)13-20-2-5-26(32)29(28(20)33)41-24-12-19(15-34)11-21(31)14-24/h2-5,10-12,14,22,35,39H,6-9,13,16-17H2,1H3/t22-/m0/s1. The molecule has 0 aliphatic carbocycles. The summed E-state index contributed by atoms with van der Waals surface area (Å²) in [5, 5.41) is 31.4. The molecule has 0 radical (unpaired) electrons. The third-order valence-electron chi connectivity index (χ3n) is 6.71. The lowest BCUT2D eigenvalue weighted by molar-refractivity contribution is 0.0641. The summed E-state index contributed by atoms with van der Waals surface area (Å²) in [7, 11) is 0. The number of aromatic nitrogens is 2. The fourth-order valence-corrected chi connectivity index (χ4v) is 5.02. The van der Waals surface area contributed by atoms with E-state index in [4.69, 9.17) is 37.1 Å². The smallest absolute Gasteiger partial charge is 0.248 e. The molecule has 9 nitrogen and oxygen atoms in total. The van der Waals surface area contributed by atoms with E-state index in [9.17, 15) is 10.4 Å². The second kappa shape index (κ2) is 13.5. The van der Waals surface area contributed by atoms with Gasteiger partial charge in [-0.25, -0.2) is 4.39 Å². The molecule has 2 N–H and O–H groups in total. The summed E-state index contributed by atoms with van der Waals surface area (Å²) in [5.74, 6) is 0.368. The molecule has 0 amide bonds. The number of hydrogen-bond donors (Lipinski definition) is 2. The van der Waals surface area contributed by atoms with Gasteiger partial charge in [-0.3, -0.25) is 4.90 Å². The van der Waals surface area contributed by atoms with Crippen LogP contribution < -0.4 is 14.8 Å². The van der Waals surface area contributed by atoms with E-state index in [0.29, 0.717) is 17.9 Å². The molecule has 218 valence electrons. The van der Waals surface area contributed by atoms with Crippen molar-refractivity contribution in [1.82, 2.24) is 20.4 Å². The zero-order chi connectivity index (χ0) is 29.6. The van der Waals surface area contributed by atoms with Gasteiger partial charge in [-0.15, -0.1) is 10.2 Å². The first-order valence-corrected chi connectivity index (χ1v) is 14.1. The quantitative estimate of drug-likeness (QED) is 0.243. The van der Waals surface area contributed by atoms with Gasteiger partial charge >= 0.3 is 0 Å². The van der Waals surface area contributed by atoms with Crippen molar-refractivity contribution < 1.29 is 23.4 Å². The minimum absolute atomic E-state index is 0.00341. The number of piperazine rings is 1. The van der Waals surface area contributed by atoms with Crippen LogP contribution in [0.25, 0.3) is 11.5 Å². The van der Waals surface area contributed by atoms with E-state index in [1.165, 1.54) is 30.3 Å². The molecule has 1 aliphatic rings. The van der Waals surface area contributed by atoms with Crippen molar-refractivity contribution in [2.75, 3.05) is 39.3 Å². The normalized spacial score (nSPS) is 14.4. The molecule has 4 aromatic rings. The molecule has 5 rings (SSSR count). The molecular weight excluding hydrogens is 584 g/mol. The van der Waals surface area contributed by atoms with Gasteiger partial charge in [0.25, 0.3) is 0 Å². The van der Waals surface area contributed by atoms with Gasteiger partial charge in [0.05, 0.1) is 23.1 Å². The van der Waals surface area contributed by atoms with Crippen molar-refractivity contribution in [1.29, 1.82) is 5.26 Å². The van der Waals surface area contributed by atoms with Crippen LogP contribution in [0.3, 0.4) is 0 Å². The number of rotatable bonds is 10. The number of aryl methyl sites for hydroxylation is 1. The van der Waals surface area contributed by atoms with E-state index in [1.807, 2.05) is 19.1 Å². The fraction of sp³-hybridized carbons (Fsp3) is 0.300. The molecule has 0 unspecified atom stereocenters. The highest BCUT2D eigenvalue weighted by atomic mass is 35.5. The Morgan fingerprint density at radius 3 is 2.69 bits per heavy atom. The highest BCUT2D eigenvalue weighted by Gasteiger charge is 2.20. The second-order valence-electron chi connectivity index (χ2n) is 9.91. The van der Waals surface area contributed by atoms with E-state index in [1.54, 1.807) is 12.1 Å². The largest absolute Gasteiger partial charge is 0.491 e. The summed E-state index contributed by atoms with van der Waals surface area (Å²) in [6.45, 7) is 6.29. The van der Waals surface area contributed by atoms with E-state index < -0.39 is 11.9 Å². The predicted molar refractivity (Wildman–Crippen MR) is 156 cm³/mol. The van der Waals surface area contributed by atoms with Gasteiger partial charge < -0.3 is 24.3 Å². The number of aliphatic hydroxyl groups excluding tert-OH is 1. The number of nitriles is 1. The summed E-state index contributed by atoms with van der Waals surface area (Å²) in [5.41, 5.74) is 2.04. The molecular formula is C30H28Cl2FN5O4. The highest BCUT2D eigenvalue weighted by molar-refractivity contribution is 6.32. The average molecular weight is 612 g/mol. The molecule has 2 heterocycles. The topological polar surface area (TPSA) is 117 Å². The Labute approximate surface area is 252 Å². The van der Waals surface area contributed by atoms with Crippen LogP contribution in [0.1, 0.15) is 22.6 Å². The van der Waals surface area contributed by atoms with Crippen molar-refractivity contribution >= 4 is 23.2 Å². The van der Waals surface area contributed by atoms with Crippen LogP contribution in [-0.2, 0) is 6.42 Å². The first-order valence-electron chi connectivity index (χ1n) is 13.3. The number of halogens is 3. The zero-order valence-electron chi connectivity index (χ0n) is 22.7. The molecule has 12 heteroatoms. The summed E-state index contributed by atoms with van der Waals surface area (Å²) < 4.78 is 32.8. The Hall–Kier alpha value is -3.72. The van der Waals surface area contributed by atoms with Crippen molar-refractivity contribution in [2.24, 2.45) is 0 Å². The molecule has 1 saturated heterocycles. The van der Waals surface area contributed by atoms with E-state index in [0.717, 1.165) is 31.7 Å². The second-order valence-corrected chi connectivity index (χ2v) is 10.8. The highest BCUT2D eigenvalue weighted by Crippen LogP contribution is 2.36. The SMILES string of the molecule is Cc1cc(OC[C@@H](O)CN2CCNCC2)ccc1-c1nnc(Cc2ccc(Cl)c(Oc3cc(Cl)cc(C#N)c3)c2F)o1. The fourth-order valence-electron chi connectivity index (χ4n) is 4.61. The Morgan fingerprint density at radius 1 is 1.12 bits per heavy atom. The van der Waals surface area contributed by atoms with Crippen LogP contribution in [-0.4, -0.2) is 65.6 Å². The third-order valence-corrected chi connectivity index (χ3v) is 7.22. The summed E-state index contributed by atoms with van der Waals surface area (Å²) in [6.07, 6.45) is -0.599. The molecule has 42 heavy (non-hydrogen) atoms. The number of benzene rings is 3. The summed E-state index contributed by atoms with van der Waals surface area (Å²) in [6, 6.07) is 14.8. The number of ether oxygens (including phenoxy) is 2. The average Bonchev–Trinajstić information content (AvgIpc) is 3.44. The maximum atomic E-state index is 15.5. The van der Waals surface area contributed by atoms with Gasteiger partial charge in [-0.1, -0.05) is 29.3 Å². The zero-order valence-corrected chi connectivity index (χ0v) is 24.3. The van der Waals surface area contributed by atoms with E-state index in [2.05, 4.69) is 20.4 Å². The van der Waals surface area contributed by atoms with Crippen molar-refractivity contribution in [2.45, 2.75) is 19.4 Å². The van der Waals surface area contributed by atoms with Gasteiger partial charge in [-0.05, 0) is 55.0 Å². The van der Waals surface area contributed by atoms with Crippen LogP contribution in [0.5, 0.6) is 17.2 Å². The third kappa shape index (κ3) is 7.37. The lowest BCUT2D eigenvalue weighted by Gasteiger charge is -2.29. The first kappa shape index (κ1) is 29.8. The molecule has 0 saturated carbocycles. The number of β-amino-alcohol motifs (C(OH)–C–C–N with tert-alkyl or cyclic N) is 1. The van der Waals surface area contributed by atoms with Crippen molar-refractivity contribution in [3.8, 4) is 34.8 Å². The number of aliphatic hydroxyl groups is 1. The lowest BCUT2D eigenvalue weighted by atomic mass is 10.1. The van der Waals surface area contributed by atoms with Crippen LogP contribution in [0.2, 0.25) is 10.0 Å². The Kier molecular flexibility index (Phi) is 9.57. The van der Waals surface area contributed by atoms with Gasteiger partial charge in [0, 0.05) is 48.9 Å². The first-order chi connectivity index (χ1) is 20.3. The minimum atomic E-state index is -0.697. The molecule has 1 aromatic heterocycles. The number of hydrogen-bond acceptors (Lipinski definition) is 9.